The van der Waals surface area contributed by atoms with Gasteiger partial charge in [0, 0.05) is 12.8 Å². The second-order valence-corrected chi connectivity index (χ2v) is 5.25. The van der Waals surface area contributed by atoms with Crippen LogP contribution in [0.15, 0.2) is 0 Å². The Morgan fingerprint density at radius 1 is 1.50 bits per heavy atom. The molecule has 2 fully saturated rings. The highest BCUT2D eigenvalue weighted by atomic mass is 19.3. The monoisotopic (exact) mass is 263 g/mol. The lowest BCUT2D eigenvalue weighted by molar-refractivity contribution is -0.131. The fraction of sp³-hybridized carbons (Fsp3) is 0.818. The second-order valence-electron chi connectivity index (χ2n) is 5.25. The van der Waals surface area contributed by atoms with Crippen LogP contribution in [0, 0.1) is 5.92 Å². The van der Waals surface area contributed by atoms with Gasteiger partial charge in [-0.1, -0.05) is 0 Å². The molecule has 0 spiro atoms. The van der Waals surface area contributed by atoms with Crippen molar-refractivity contribution in [1.29, 1.82) is 0 Å². The lowest BCUT2D eigenvalue weighted by atomic mass is 9.76. The highest BCUT2D eigenvalue weighted by Crippen LogP contribution is 2.45. The number of ketones is 1. The van der Waals surface area contributed by atoms with Gasteiger partial charge < -0.3 is 15.2 Å². The molecule has 0 bridgehead atoms. The van der Waals surface area contributed by atoms with E-state index in [2.05, 4.69) is 5.32 Å². The Morgan fingerprint density at radius 3 is 2.44 bits per heavy atom. The number of epoxide rings is 1. The minimum atomic E-state index is -2.67. The summed E-state index contributed by atoms with van der Waals surface area (Å²) < 4.78 is 30.4. The number of carbonyl (C=O) groups excluding carboxylic acids is 1. The lowest BCUT2D eigenvalue weighted by Gasteiger charge is -2.36. The summed E-state index contributed by atoms with van der Waals surface area (Å²) >= 11 is 0. The summed E-state index contributed by atoms with van der Waals surface area (Å²) in [6, 6.07) is -0.962. The van der Waals surface area contributed by atoms with Crippen molar-refractivity contribution < 1.29 is 28.2 Å². The van der Waals surface area contributed by atoms with Gasteiger partial charge in [0.1, 0.15) is 5.60 Å². The molecule has 5 nitrogen and oxygen atoms in total. The van der Waals surface area contributed by atoms with Crippen LogP contribution in [0.2, 0.25) is 0 Å². The molecule has 2 N–H and O–H groups in total. The molecule has 2 rings (SSSR count). The zero-order valence-electron chi connectivity index (χ0n) is 9.91. The number of Topliss-reactive ketones (excluding diaryl/α,β-unsaturated/α-hetero) is 1. The van der Waals surface area contributed by atoms with Gasteiger partial charge in [-0.2, -0.15) is 0 Å². The largest absolute Gasteiger partial charge is 0.465 e. The molecule has 1 heterocycles. The third-order valence-electron chi connectivity index (χ3n) is 3.46. The summed E-state index contributed by atoms with van der Waals surface area (Å²) in [6.45, 7) is 1.83. The molecule has 1 saturated heterocycles. The van der Waals surface area contributed by atoms with Crippen LogP contribution in [0.3, 0.4) is 0 Å². The first-order valence-electron chi connectivity index (χ1n) is 5.77. The molecule has 0 aromatic carbocycles. The zero-order chi connectivity index (χ0) is 13.6. The van der Waals surface area contributed by atoms with Gasteiger partial charge in [-0.15, -0.1) is 0 Å². The van der Waals surface area contributed by atoms with Gasteiger partial charge in [-0.25, -0.2) is 13.6 Å². The molecular weight excluding hydrogens is 248 g/mol. The SMILES string of the molecule is CC1(C(=O)C(CC2CC(F)(F)C2)NC(=O)O)CO1. The topological polar surface area (TPSA) is 78.9 Å². The molecule has 1 saturated carbocycles. The number of hydrogen-bond acceptors (Lipinski definition) is 3. The van der Waals surface area contributed by atoms with Crippen LogP contribution < -0.4 is 5.32 Å². The molecule has 102 valence electrons. The normalized spacial score (nSPS) is 31.3. The summed E-state index contributed by atoms with van der Waals surface area (Å²) in [5, 5.41) is 10.8. The van der Waals surface area contributed by atoms with Crippen molar-refractivity contribution in [2.45, 2.75) is 43.8 Å². The molecule has 1 aliphatic heterocycles. The molecule has 2 unspecified atom stereocenters. The maximum Gasteiger partial charge on any atom is 0.405 e. The first-order chi connectivity index (χ1) is 8.22. The summed E-state index contributed by atoms with van der Waals surface area (Å²) in [5.41, 5.74) is -0.945. The number of rotatable bonds is 5. The van der Waals surface area contributed by atoms with Crippen molar-refractivity contribution in [3.8, 4) is 0 Å². The van der Waals surface area contributed by atoms with Crippen LogP contribution in [0.4, 0.5) is 13.6 Å². The van der Waals surface area contributed by atoms with E-state index in [1.165, 1.54) is 0 Å². The average molecular weight is 263 g/mol. The van der Waals surface area contributed by atoms with Gasteiger partial charge in [-0.05, 0) is 19.3 Å². The standard InChI is InChI=1S/C11H15F2NO4/c1-10(5-18-10)8(15)7(14-9(16)17)2-6-3-11(12,13)4-6/h6-7,14H,2-5H2,1H3,(H,16,17). The van der Waals surface area contributed by atoms with Crippen LogP contribution in [0.5, 0.6) is 0 Å². The zero-order valence-corrected chi connectivity index (χ0v) is 9.91. The highest BCUT2D eigenvalue weighted by Gasteiger charge is 2.52. The van der Waals surface area contributed by atoms with Gasteiger partial charge in [0.05, 0.1) is 12.6 Å². The lowest BCUT2D eigenvalue weighted by Crippen LogP contribution is -2.49. The van der Waals surface area contributed by atoms with Crippen molar-refractivity contribution in [1.82, 2.24) is 5.32 Å². The van der Waals surface area contributed by atoms with Crippen LogP contribution in [-0.4, -0.2) is 41.2 Å². The minimum absolute atomic E-state index is 0.111. The molecule has 18 heavy (non-hydrogen) atoms. The van der Waals surface area contributed by atoms with E-state index in [4.69, 9.17) is 9.84 Å². The molecule has 0 radical (unpaired) electrons. The summed E-state index contributed by atoms with van der Waals surface area (Å²) in [4.78, 5) is 22.6. The van der Waals surface area contributed by atoms with Crippen LogP contribution in [-0.2, 0) is 9.53 Å². The second kappa shape index (κ2) is 4.15. The number of hydrogen-bond donors (Lipinski definition) is 2. The van der Waals surface area contributed by atoms with E-state index in [1.54, 1.807) is 6.92 Å². The number of amides is 1. The van der Waals surface area contributed by atoms with Crippen molar-refractivity contribution >= 4 is 11.9 Å². The van der Waals surface area contributed by atoms with Crippen molar-refractivity contribution in [2.75, 3.05) is 6.61 Å². The van der Waals surface area contributed by atoms with Crippen LogP contribution >= 0.6 is 0 Å². The molecule has 2 aliphatic rings. The smallest absolute Gasteiger partial charge is 0.405 e. The molecular formula is C11H15F2NO4. The number of nitrogens with one attached hydrogen (secondary N) is 1. The Bertz CT molecular complexity index is 373. The van der Waals surface area contributed by atoms with Crippen LogP contribution in [0.25, 0.3) is 0 Å². The predicted octanol–water partition coefficient (Wildman–Crippen LogP) is 1.42. The first-order valence-corrected chi connectivity index (χ1v) is 5.77. The van der Waals surface area contributed by atoms with Gasteiger partial charge in [0.25, 0.3) is 0 Å². The van der Waals surface area contributed by atoms with Gasteiger partial charge in [-0.3, -0.25) is 4.79 Å². The Labute approximate surface area is 102 Å². The maximum atomic E-state index is 12.7. The third kappa shape index (κ3) is 2.77. The Hall–Kier alpha value is -1.24. The van der Waals surface area contributed by atoms with E-state index in [9.17, 15) is 18.4 Å². The van der Waals surface area contributed by atoms with E-state index in [-0.39, 0.29) is 37.6 Å². The number of carboxylic acid groups (broad SMARTS) is 1. The molecule has 2 atom stereocenters. The fourth-order valence-electron chi connectivity index (χ4n) is 2.28. The quantitative estimate of drug-likeness (QED) is 0.735. The Balaban J connectivity index is 1.93. The van der Waals surface area contributed by atoms with Crippen molar-refractivity contribution in [3.63, 3.8) is 0 Å². The fourth-order valence-corrected chi connectivity index (χ4v) is 2.28. The van der Waals surface area contributed by atoms with E-state index in [0.29, 0.717) is 0 Å². The summed E-state index contributed by atoms with van der Waals surface area (Å²) in [5.74, 6) is -3.36. The van der Waals surface area contributed by atoms with Gasteiger partial charge >= 0.3 is 6.09 Å². The van der Waals surface area contributed by atoms with E-state index < -0.39 is 23.7 Å². The summed E-state index contributed by atoms with van der Waals surface area (Å²) in [6.07, 6.45) is -1.78. The number of halogens is 2. The third-order valence-corrected chi connectivity index (χ3v) is 3.46. The maximum absolute atomic E-state index is 12.7. The van der Waals surface area contributed by atoms with E-state index >= 15 is 0 Å². The summed E-state index contributed by atoms with van der Waals surface area (Å²) in [7, 11) is 0. The number of carbonyl (C=O) groups is 2. The molecule has 0 aromatic rings. The van der Waals surface area contributed by atoms with Crippen molar-refractivity contribution in [3.05, 3.63) is 0 Å². The molecule has 0 aromatic heterocycles. The highest BCUT2D eigenvalue weighted by molar-refractivity contribution is 5.95. The number of alkyl halides is 2. The Kier molecular flexibility index (Phi) is 3.04. The first kappa shape index (κ1) is 13.2. The number of ether oxygens (including phenoxy) is 1. The Morgan fingerprint density at radius 2 is 2.06 bits per heavy atom. The van der Waals surface area contributed by atoms with E-state index in [0.717, 1.165) is 0 Å². The van der Waals surface area contributed by atoms with Gasteiger partial charge in [0.2, 0.25) is 5.92 Å². The molecule has 1 amide bonds. The van der Waals surface area contributed by atoms with Gasteiger partial charge in [0.15, 0.2) is 5.78 Å². The van der Waals surface area contributed by atoms with Crippen LogP contribution in [0.1, 0.15) is 26.2 Å². The predicted molar refractivity (Wildman–Crippen MR) is 56.6 cm³/mol. The van der Waals surface area contributed by atoms with E-state index in [1.807, 2.05) is 0 Å². The molecule has 7 heteroatoms. The molecule has 1 aliphatic carbocycles. The average Bonchev–Trinajstić information content (AvgIpc) is 2.92. The minimum Gasteiger partial charge on any atom is -0.465 e. The van der Waals surface area contributed by atoms with Crippen molar-refractivity contribution in [2.24, 2.45) is 5.92 Å².